The van der Waals surface area contributed by atoms with Gasteiger partial charge < -0.3 is 10.2 Å². The molecule has 1 atom stereocenters. The van der Waals surface area contributed by atoms with Crippen LogP contribution in [-0.2, 0) is 4.79 Å². The summed E-state index contributed by atoms with van der Waals surface area (Å²) in [6.45, 7) is 7.46. The number of halogens is 1. The Morgan fingerprint density at radius 3 is 2.68 bits per heavy atom. The molecular weight excluding hydrogens is 303 g/mol. The second-order valence-corrected chi connectivity index (χ2v) is 7.49. The number of amides is 2. The van der Waals surface area contributed by atoms with Crippen LogP contribution in [0.25, 0.3) is 0 Å². The van der Waals surface area contributed by atoms with Crippen molar-refractivity contribution in [3.8, 4) is 0 Å². The predicted molar refractivity (Wildman–Crippen MR) is 86.3 cm³/mol. The van der Waals surface area contributed by atoms with Gasteiger partial charge in [-0.25, -0.2) is 4.39 Å². The van der Waals surface area contributed by atoms with E-state index in [1.165, 1.54) is 28.8 Å². The molecule has 1 unspecified atom stereocenters. The lowest BCUT2D eigenvalue weighted by Gasteiger charge is -2.28. The van der Waals surface area contributed by atoms with Crippen molar-refractivity contribution in [3.63, 3.8) is 0 Å². The molecule has 1 N–H and O–H groups in total. The van der Waals surface area contributed by atoms with E-state index in [2.05, 4.69) is 5.32 Å². The van der Waals surface area contributed by atoms with Crippen LogP contribution in [0.3, 0.4) is 0 Å². The maximum atomic E-state index is 13.4. The van der Waals surface area contributed by atoms with Crippen molar-refractivity contribution in [1.29, 1.82) is 0 Å². The predicted octanol–water partition coefficient (Wildman–Crippen LogP) is 2.56. The minimum atomic E-state index is -0.514. The number of aryl methyl sites for hydroxylation is 1. The van der Waals surface area contributed by atoms with Crippen LogP contribution >= 0.6 is 11.8 Å². The Morgan fingerprint density at radius 2 is 2.05 bits per heavy atom. The van der Waals surface area contributed by atoms with E-state index < -0.39 is 11.9 Å². The van der Waals surface area contributed by atoms with Gasteiger partial charge in [-0.15, -0.1) is 11.8 Å². The van der Waals surface area contributed by atoms with E-state index >= 15 is 0 Å². The zero-order valence-corrected chi connectivity index (χ0v) is 14.1. The van der Waals surface area contributed by atoms with Crippen molar-refractivity contribution in [2.24, 2.45) is 0 Å². The van der Waals surface area contributed by atoms with Gasteiger partial charge in [-0.3, -0.25) is 9.59 Å². The van der Waals surface area contributed by atoms with Crippen LogP contribution in [0.4, 0.5) is 4.39 Å². The van der Waals surface area contributed by atoms with Crippen molar-refractivity contribution >= 4 is 23.6 Å². The monoisotopic (exact) mass is 324 g/mol. The maximum Gasteiger partial charge on any atom is 0.255 e. The lowest BCUT2D eigenvalue weighted by molar-refractivity contribution is -0.125. The highest BCUT2D eigenvalue weighted by Crippen LogP contribution is 2.25. The first-order valence-electron chi connectivity index (χ1n) is 7.16. The van der Waals surface area contributed by atoms with Crippen molar-refractivity contribution < 1.29 is 14.0 Å². The molecule has 0 aromatic heterocycles. The van der Waals surface area contributed by atoms with Gasteiger partial charge in [0.1, 0.15) is 11.9 Å². The quantitative estimate of drug-likeness (QED) is 0.909. The number of thioether (sulfide) groups is 1. The third kappa shape index (κ3) is 3.80. The molecule has 6 heteroatoms. The Hall–Kier alpha value is -1.56. The third-order valence-electron chi connectivity index (χ3n) is 3.37. The Kier molecular flexibility index (Phi) is 4.80. The molecule has 1 aromatic carbocycles. The molecule has 120 valence electrons. The molecule has 1 fully saturated rings. The van der Waals surface area contributed by atoms with E-state index in [1.54, 1.807) is 13.0 Å². The van der Waals surface area contributed by atoms with Gasteiger partial charge in [0.15, 0.2) is 0 Å². The van der Waals surface area contributed by atoms with E-state index in [-0.39, 0.29) is 17.4 Å². The topological polar surface area (TPSA) is 49.4 Å². The summed E-state index contributed by atoms with van der Waals surface area (Å²) >= 11 is 1.53. The average molecular weight is 324 g/mol. The summed E-state index contributed by atoms with van der Waals surface area (Å²) in [5.41, 5.74) is 0.669. The first kappa shape index (κ1) is 16.8. The van der Waals surface area contributed by atoms with Crippen LogP contribution < -0.4 is 5.32 Å². The summed E-state index contributed by atoms with van der Waals surface area (Å²) in [5.74, 6) is 0.0893. The summed E-state index contributed by atoms with van der Waals surface area (Å²) in [4.78, 5) is 26.6. The van der Waals surface area contributed by atoms with E-state index in [0.717, 1.165) is 0 Å². The smallest absolute Gasteiger partial charge is 0.255 e. The average Bonchev–Trinajstić information content (AvgIpc) is 2.88. The number of carbonyl (C=O) groups is 2. The molecule has 0 saturated carbocycles. The molecule has 2 rings (SSSR count). The Morgan fingerprint density at radius 1 is 1.36 bits per heavy atom. The number of carbonyl (C=O) groups excluding carboxylic acids is 2. The SMILES string of the molecule is Cc1ccc(F)cc1C(=O)N1CSCC1C(=O)NC(C)(C)C. The summed E-state index contributed by atoms with van der Waals surface area (Å²) in [5, 5.41) is 2.90. The molecule has 0 bridgehead atoms. The molecule has 1 heterocycles. The zero-order valence-electron chi connectivity index (χ0n) is 13.3. The molecule has 0 radical (unpaired) electrons. The zero-order chi connectivity index (χ0) is 16.5. The van der Waals surface area contributed by atoms with Crippen LogP contribution in [-0.4, -0.2) is 39.9 Å². The molecule has 1 aromatic rings. The molecular formula is C16H21FN2O2S. The van der Waals surface area contributed by atoms with Gasteiger partial charge in [0, 0.05) is 16.9 Å². The van der Waals surface area contributed by atoms with Gasteiger partial charge in [-0.1, -0.05) is 6.07 Å². The van der Waals surface area contributed by atoms with E-state index in [1.807, 2.05) is 20.8 Å². The minimum absolute atomic E-state index is 0.167. The number of hydrogen-bond donors (Lipinski definition) is 1. The van der Waals surface area contributed by atoms with Gasteiger partial charge in [0.05, 0.1) is 5.88 Å². The number of nitrogens with one attached hydrogen (secondary N) is 1. The maximum absolute atomic E-state index is 13.4. The van der Waals surface area contributed by atoms with Gasteiger partial charge in [0.2, 0.25) is 5.91 Å². The number of benzene rings is 1. The Balaban J connectivity index is 2.21. The summed E-state index contributed by atoms with van der Waals surface area (Å²) < 4.78 is 13.4. The highest BCUT2D eigenvalue weighted by Gasteiger charge is 2.36. The van der Waals surface area contributed by atoms with Gasteiger partial charge in [-0.05, 0) is 45.4 Å². The fourth-order valence-electron chi connectivity index (χ4n) is 2.29. The molecule has 22 heavy (non-hydrogen) atoms. The van der Waals surface area contributed by atoms with Crippen LogP contribution in [0.1, 0.15) is 36.7 Å². The summed E-state index contributed by atoms with van der Waals surface area (Å²) in [6.07, 6.45) is 0. The normalized spacial score (nSPS) is 18.4. The molecule has 1 saturated heterocycles. The van der Waals surface area contributed by atoms with Gasteiger partial charge in [0.25, 0.3) is 5.91 Å². The van der Waals surface area contributed by atoms with Crippen LogP contribution in [0, 0.1) is 12.7 Å². The fraction of sp³-hybridized carbons (Fsp3) is 0.500. The molecule has 0 aliphatic carbocycles. The van der Waals surface area contributed by atoms with Crippen molar-refractivity contribution in [2.45, 2.75) is 39.3 Å². The number of nitrogens with zero attached hydrogens (tertiary/aromatic N) is 1. The molecule has 4 nitrogen and oxygen atoms in total. The Bertz CT molecular complexity index is 598. The van der Waals surface area contributed by atoms with Gasteiger partial charge in [-0.2, -0.15) is 0 Å². The van der Waals surface area contributed by atoms with Crippen LogP contribution in [0.15, 0.2) is 18.2 Å². The van der Waals surface area contributed by atoms with Crippen molar-refractivity contribution in [2.75, 3.05) is 11.6 Å². The lowest BCUT2D eigenvalue weighted by Crippen LogP contribution is -2.52. The molecule has 1 aliphatic heterocycles. The fourth-order valence-corrected chi connectivity index (χ4v) is 3.45. The molecule has 0 spiro atoms. The van der Waals surface area contributed by atoms with Crippen LogP contribution in [0.5, 0.6) is 0 Å². The van der Waals surface area contributed by atoms with Gasteiger partial charge >= 0.3 is 0 Å². The summed E-state index contributed by atoms with van der Waals surface area (Å²) in [6, 6.07) is 3.63. The van der Waals surface area contributed by atoms with Crippen molar-refractivity contribution in [3.05, 3.63) is 35.1 Å². The Labute approximate surface area is 134 Å². The number of hydrogen-bond acceptors (Lipinski definition) is 3. The molecule has 1 aliphatic rings. The first-order chi connectivity index (χ1) is 10.2. The van der Waals surface area contributed by atoms with Crippen LogP contribution in [0.2, 0.25) is 0 Å². The van der Waals surface area contributed by atoms with E-state index in [4.69, 9.17) is 0 Å². The summed E-state index contributed by atoms with van der Waals surface area (Å²) in [7, 11) is 0. The standard InChI is InChI=1S/C16H21FN2O2S/c1-10-5-6-11(17)7-12(10)15(21)19-9-22-8-13(19)14(20)18-16(2,3)4/h5-7,13H,8-9H2,1-4H3,(H,18,20). The van der Waals surface area contributed by atoms with E-state index in [0.29, 0.717) is 22.8 Å². The lowest BCUT2D eigenvalue weighted by atomic mass is 10.1. The largest absolute Gasteiger partial charge is 0.350 e. The first-order valence-corrected chi connectivity index (χ1v) is 8.31. The number of rotatable bonds is 2. The minimum Gasteiger partial charge on any atom is -0.350 e. The second-order valence-electron chi connectivity index (χ2n) is 6.49. The van der Waals surface area contributed by atoms with Crippen molar-refractivity contribution in [1.82, 2.24) is 10.2 Å². The third-order valence-corrected chi connectivity index (χ3v) is 4.39. The van der Waals surface area contributed by atoms with E-state index in [9.17, 15) is 14.0 Å². The molecule has 2 amide bonds. The highest BCUT2D eigenvalue weighted by molar-refractivity contribution is 7.99. The second kappa shape index (κ2) is 6.28. The highest BCUT2D eigenvalue weighted by atomic mass is 32.2.